The highest BCUT2D eigenvalue weighted by molar-refractivity contribution is 7.80. The topological polar surface area (TPSA) is 124 Å². The average Bonchev–Trinajstić information content (AvgIpc) is 2.99. The van der Waals surface area contributed by atoms with Crippen LogP contribution in [-0.2, 0) is 16.0 Å². The molecule has 1 saturated heterocycles. The van der Waals surface area contributed by atoms with Gasteiger partial charge in [-0.05, 0) is 64.3 Å². The van der Waals surface area contributed by atoms with Gasteiger partial charge in [-0.1, -0.05) is 61.0 Å². The molecule has 43 heavy (non-hydrogen) atoms. The number of piperidine rings is 1. The number of aromatic nitrogens is 1. The Kier molecular flexibility index (Phi) is 11.2. The summed E-state index contributed by atoms with van der Waals surface area (Å²) >= 11 is 4.34. The van der Waals surface area contributed by atoms with Gasteiger partial charge in [0.05, 0.1) is 23.7 Å². The van der Waals surface area contributed by atoms with Gasteiger partial charge in [0.15, 0.2) is 0 Å². The van der Waals surface area contributed by atoms with Gasteiger partial charge in [0.25, 0.3) is 5.91 Å². The Labute approximate surface area is 259 Å². The van der Waals surface area contributed by atoms with E-state index in [9.17, 15) is 19.5 Å². The maximum atomic E-state index is 13.5. The molecule has 10 heteroatoms. The van der Waals surface area contributed by atoms with Gasteiger partial charge < -0.3 is 21.1 Å². The number of para-hydroxylation sites is 1. The summed E-state index contributed by atoms with van der Waals surface area (Å²) in [4.78, 5) is 46.1. The van der Waals surface area contributed by atoms with Gasteiger partial charge in [-0.15, -0.1) is 0 Å². The molecule has 230 valence electrons. The van der Waals surface area contributed by atoms with Gasteiger partial charge >= 0.3 is 0 Å². The molecule has 1 fully saturated rings. The normalized spacial score (nSPS) is 17.9. The maximum Gasteiger partial charge on any atom is 0.270 e. The van der Waals surface area contributed by atoms with Crippen molar-refractivity contribution in [1.82, 2.24) is 25.8 Å². The number of thiol groups is 1. The second-order valence-corrected chi connectivity index (χ2v) is 12.6. The Hall–Kier alpha value is -3.47. The van der Waals surface area contributed by atoms with Crippen LogP contribution in [0.1, 0.15) is 56.1 Å². The highest BCUT2D eigenvalue weighted by atomic mass is 32.1. The standard InChI is InChI=1S/C33H43N5O4S/c1-33(2,3)37-32(42)28-15-9-10-18-38(28)20-29(39)26(19-22-11-5-4-6-12-22)35-31(41)27(21-43)36-30(40)25-17-16-23-13-7-8-14-24(23)34-25/h4-8,11-14,16-17,26-29,39,43H,9-10,15,18-21H2,1-3H3,(H,35,41)(H,36,40)(H,37,42)/t26-,27-,28-,29+/m0/s1. The first-order valence-electron chi connectivity index (χ1n) is 14.9. The lowest BCUT2D eigenvalue weighted by molar-refractivity contribution is -0.130. The second kappa shape index (κ2) is 14.8. The number of carbonyl (C=O) groups is 3. The van der Waals surface area contributed by atoms with Crippen LogP contribution in [0.25, 0.3) is 10.9 Å². The highest BCUT2D eigenvalue weighted by Crippen LogP contribution is 2.20. The summed E-state index contributed by atoms with van der Waals surface area (Å²) in [6.07, 6.45) is 1.98. The van der Waals surface area contributed by atoms with Crippen LogP contribution in [-0.4, -0.2) is 81.3 Å². The summed E-state index contributed by atoms with van der Waals surface area (Å²) < 4.78 is 0. The summed E-state index contributed by atoms with van der Waals surface area (Å²) in [6.45, 7) is 6.75. The van der Waals surface area contributed by atoms with Crippen LogP contribution in [0.3, 0.4) is 0 Å². The number of likely N-dealkylation sites (tertiary alicyclic amines) is 1. The van der Waals surface area contributed by atoms with Crippen molar-refractivity contribution < 1.29 is 19.5 Å². The van der Waals surface area contributed by atoms with Gasteiger partial charge in [-0.2, -0.15) is 12.6 Å². The highest BCUT2D eigenvalue weighted by Gasteiger charge is 2.34. The Balaban J connectivity index is 1.47. The minimum absolute atomic E-state index is 0.0526. The number of pyridine rings is 1. The van der Waals surface area contributed by atoms with Crippen molar-refractivity contribution in [3.05, 3.63) is 78.0 Å². The van der Waals surface area contributed by atoms with Crippen LogP contribution in [0, 0.1) is 0 Å². The molecule has 1 aliphatic rings. The van der Waals surface area contributed by atoms with Crippen LogP contribution >= 0.6 is 12.6 Å². The van der Waals surface area contributed by atoms with E-state index in [0.29, 0.717) is 24.9 Å². The quantitative estimate of drug-likeness (QED) is 0.214. The van der Waals surface area contributed by atoms with Gasteiger partial charge in [-0.25, -0.2) is 4.98 Å². The van der Waals surface area contributed by atoms with Gasteiger partial charge in [-0.3, -0.25) is 19.3 Å². The van der Waals surface area contributed by atoms with Gasteiger partial charge in [0.1, 0.15) is 11.7 Å². The number of β-amino-alcohol motifs (C(OH)–C–C–N with tert-alkyl or cyclic N) is 1. The number of nitrogens with zero attached hydrogens (tertiary/aromatic N) is 2. The Morgan fingerprint density at radius 3 is 2.44 bits per heavy atom. The fraction of sp³-hybridized carbons (Fsp3) is 0.455. The molecule has 3 amide bonds. The third-order valence-electron chi connectivity index (χ3n) is 7.56. The van der Waals surface area contributed by atoms with E-state index in [0.717, 1.165) is 23.8 Å². The smallest absolute Gasteiger partial charge is 0.270 e. The van der Waals surface area contributed by atoms with E-state index in [1.54, 1.807) is 6.07 Å². The predicted octanol–water partition coefficient (Wildman–Crippen LogP) is 3.12. The Morgan fingerprint density at radius 2 is 1.72 bits per heavy atom. The number of hydrogen-bond acceptors (Lipinski definition) is 7. The van der Waals surface area contributed by atoms with Gasteiger partial charge in [0.2, 0.25) is 11.8 Å². The summed E-state index contributed by atoms with van der Waals surface area (Å²) in [5, 5.41) is 21.2. The SMILES string of the molecule is CC(C)(C)NC(=O)[C@@H]1CCCCN1C[C@@H](O)[C@H](Cc1ccccc1)NC(=O)[C@H](CS)NC(=O)c1ccc2ccccc2n1. The number of benzene rings is 2. The predicted molar refractivity (Wildman–Crippen MR) is 172 cm³/mol. The molecule has 0 spiro atoms. The zero-order valence-electron chi connectivity index (χ0n) is 25.1. The van der Waals surface area contributed by atoms with E-state index in [1.165, 1.54) is 0 Å². The number of carbonyl (C=O) groups excluding carboxylic acids is 3. The molecule has 0 radical (unpaired) electrons. The number of nitrogens with one attached hydrogen (secondary N) is 3. The third-order valence-corrected chi connectivity index (χ3v) is 7.93. The third kappa shape index (κ3) is 9.26. The lowest BCUT2D eigenvalue weighted by Crippen LogP contribution is -2.59. The number of aliphatic hydroxyl groups excluding tert-OH is 1. The van der Waals surface area contributed by atoms with E-state index in [-0.39, 0.29) is 35.5 Å². The van der Waals surface area contributed by atoms with Crippen molar-refractivity contribution in [3.63, 3.8) is 0 Å². The summed E-state index contributed by atoms with van der Waals surface area (Å²) in [5.74, 6) is -0.936. The van der Waals surface area contributed by atoms with E-state index in [2.05, 4.69) is 33.6 Å². The minimum atomic E-state index is -0.967. The number of aliphatic hydroxyl groups is 1. The molecular formula is C33H43N5O4S. The lowest BCUT2D eigenvalue weighted by Gasteiger charge is -2.39. The first kappa shape index (κ1) is 32.4. The molecule has 3 aromatic rings. The minimum Gasteiger partial charge on any atom is -0.390 e. The molecule has 4 atom stereocenters. The molecular weight excluding hydrogens is 562 g/mol. The lowest BCUT2D eigenvalue weighted by atomic mass is 9.96. The molecule has 4 rings (SSSR count). The van der Waals surface area contributed by atoms with Crippen LogP contribution in [0.2, 0.25) is 0 Å². The first-order valence-corrected chi connectivity index (χ1v) is 15.5. The molecule has 2 heterocycles. The number of amides is 3. The van der Waals surface area contributed by atoms with Crippen molar-refractivity contribution >= 4 is 41.3 Å². The van der Waals surface area contributed by atoms with Crippen molar-refractivity contribution in [2.24, 2.45) is 0 Å². The molecule has 0 saturated carbocycles. The molecule has 2 aromatic carbocycles. The van der Waals surface area contributed by atoms with Crippen LogP contribution in [0.5, 0.6) is 0 Å². The maximum absolute atomic E-state index is 13.5. The largest absolute Gasteiger partial charge is 0.390 e. The molecule has 1 aromatic heterocycles. The fourth-order valence-electron chi connectivity index (χ4n) is 5.38. The van der Waals surface area contributed by atoms with E-state index >= 15 is 0 Å². The van der Waals surface area contributed by atoms with Crippen LogP contribution in [0.15, 0.2) is 66.7 Å². The molecule has 9 nitrogen and oxygen atoms in total. The average molecular weight is 606 g/mol. The number of hydrogen-bond donors (Lipinski definition) is 5. The first-order chi connectivity index (χ1) is 20.5. The van der Waals surface area contributed by atoms with E-state index in [1.807, 2.05) is 86.3 Å². The van der Waals surface area contributed by atoms with Crippen LogP contribution < -0.4 is 16.0 Å². The molecule has 0 aliphatic carbocycles. The number of rotatable bonds is 11. The Bertz CT molecular complexity index is 1400. The van der Waals surface area contributed by atoms with Crippen molar-refractivity contribution in [1.29, 1.82) is 0 Å². The molecule has 1 aliphatic heterocycles. The van der Waals surface area contributed by atoms with Gasteiger partial charge in [0, 0.05) is 23.2 Å². The molecule has 0 bridgehead atoms. The summed E-state index contributed by atoms with van der Waals surface area (Å²) in [7, 11) is 0. The van der Waals surface area contributed by atoms with Crippen molar-refractivity contribution in [2.75, 3.05) is 18.8 Å². The fourth-order valence-corrected chi connectivity index (χ4v) is 5.64. The van der Waals surface area contributed by atoms with Crippen molar-refractivity contribution in [2.45, 2.75) is 76.2 Å². The van der Waals surface area contributed by atoms with Crippen molar-refractivity contribution in [3.8, 4) is 0 Å². The number of fused-ring (bicyclic) bond motifs is 1. The van der Waals surface area contributed by atoms with E-state index < -0.39 is 30.0 Å². The molecule has 4 N–H and O–H groups in total. The zero-order chi connectivity index (χ0) is 31.0. The summed E-state index contributed by atoms with van der Waals surface area (Å²) in [6, 6.07) is 18.6. The molecule has 0 unspecified atom stereocenters. The van der Waals surface area contributed by atoms with E-state index in [4.69, 9.17) is 0 Å². The Morgan fingerprint density at radius 1 is 1.00 bits per heavy atom. The van der Waals surface area contributed by atoms with Crippen LogP contribution in [0.4, 0.5) is 0 Å². The zero-order valence-corrected chi connectivity index (χ0v) is 26.0. The summed E-state index contributed by atoms with van der Waals surface area (Å²) in [5.41, 5.74) is 1.46. The second-order valence-electron chi connectivity index (χ2n) is 12.2. The monoisotopic (exact) mass is 605 g/mol.